The van der Waals surface area contributed by atoms with Crippen molar-refractivity contribution in [2.75, 3.05) is 24.9 Å². The topological polar surface area (TPSA) is 57.7 Å². The summed E-state index contributed by atoms with van der Waals surface area (Å²) in [5, 5.41) is 0. The maximum absolute atomic E-state index is 11.7. The summed E-state index contributed by atoms with van der Waals surface area (Å²) < 4.78 is 15.9. The third-order valence-electron chi connectivity index (χ3n) is 3.33. The minimum absolute atomic E-state index is 0.301. The lowest BCUT2D eigenvalue weighted by molar-refractivity contribution is 0.0530. The Morgan fingerprint density at radius 1 is 1.22 bits per heavy atom. The van der Waals surface area contributed by atoms with Gasteiger partial charge in [0.1, 0.15) is 6.61 Å². The number of thioether (sulfide) groups is 1. The van der Waals surface area contributed by atoms with Gasteiger partial charge in [-0.1, -0.05) is 6.07 Å². The number of aryl methyl sites for hydroxylation is 1. The van der Waals surface area contributed by atoms with Crippen LogP contribution < -0.4 is 9.47 Å². The standard InChI is InChI=1S/C17H17NO4S/c19-17(14-2-1-6-18-11-14)20-7-9-23-8-5-13-3-4-15-16(10-13)22-12-21-15/h1-4,6,10-11H,5,7-9,12H2. The summed E-state index contributed by atoms with van der Waals surface area (Å²) in [5.41, 5.74) is 1.70. The molecule has 0 radical (unpaired) electrons. The number of aromatic nitrogens is 1. The van der Waals surface area contributed by atoms with Crippen molar-refractivity contribution in [1.29, 1.82) is 0 Å². The lowest BCUT2D eigenvalue weighted by Gasteiger charge is -2.05. The lowest BCUT2D eigenvalue weighted by Crippen LogP contribution is -2.08. The predicted molar refractivity (Wildman–Crippen MR) is 88.1 cm³/mol. The minimum Gasteiger partial charge on any atom is -0.461 e. The highest BCUT2D eigenvalue weighted by Crippen LogP contribution is 2.32. The molecule has 0 fully saturated rings. The maximum atomic E-state index is 11.7. The molecule has 0 saturated heterocycles. The molecule has 0 saturated carbocycles. The molecule has 5 nitrogen and oxygen atoms in total. The summed E-state index contributed by atoms with van der Waals surface area (Å²) in [4.78, 5) is 15.6. The van der Waals surface area contributed by atoms with Crippen LogP contribution in [0.2, 0.25) is 0 Å². The molecular formula is C17H17NO4S. The van der Waals surface area contributed by atoms with Gasteiger partial charge in [-0.3, -0.25) is 4.98 Å². The van der Waals surface area contributed by atoms with E-state index in [0.29, 0.717) is 19.0 Å². The van der Waals surface area contributed by atoms with E-state index in [1.807, 2.05) is 12.1 Å². The SMILES string of the molecule is O=C(OCCSCCc1ccc2c(c1)OCO2)c1cccnc1. The van der Waals surface area contributed by atoms with Gasteiger partial charge in [-0.15, -0.1) is 0 Å². The second-order valence-corrected chi connectivity index (χ2v) is 6.15. The molecule has 23 heavy (non-hydrogen) atoms. The first-order valence-electron chi connectivity index (χ1n) is 7.36. The summed E-state index contributed by atoms with van der Waals surface area (Å²) in [7, 11) is 0. The third-order valence-corrected chi connectivity index (χ3v) is 4.28. The van der Waals surface area contributed by atoms with Crippen LogP contribution in [0.1, 0.15) is 15.9 Å². The van der Waals surface area contributed by atoms with Crippen molar-refractivity contribution < 1.29 is 19.0 Å². The molecule has 3 rings (SSSR count). The zero-order valence-corrected chi connectivity index (χ0v) is 13.4. The van der Waals surface area contributed by atoms with Crippen molar-refractivity contribution in [2.24, 2.45) is 0 Å². The molecule has 0 amide bonds. The molecule has 0 N–H and O–H groups in total. The monoisotopic (exact) mass is 331 g/mol. The Morgan fingerprint density at radius 3 is 3.00 bits per heavy atom. The van der Waals surface area contributed by atoms with E-state index < -0.39 is 0 Å². The van der Waals surface area contributed by atoms with Gasteiger partial charge in [0.25, 0.3) is 0 Å². The highest BCUT2D eigenvalue weighted by Gasteiger charge is 2.12. The van der Waals surface area contributed by atoms with Gasteiger partial charge < -0.3 is 14.2 Å². The van der Waals surface area contributed by atoms with E-state index in [1.165, 1.54) is 11.8 Å². The van der Waals surface area contributed by atoms with Gasteiger partial charge in [0.15, 0.2) is 11.5 Å². The van der Waals surface area contributed by atoms with Crippen LogP contribution in [0.5, 0.6) is 11.5 Å². The highest BCUT2D eigenvalue weighted by atomic mass is 32.2. The van der Waals surface area contributed by atoms with Crippen LogP contribution in [-0.2, 0) is 11.2 Å². The smallest absolute Gasteiger partial charge is 0.339 e. The van der Waals surface area contributed by atoms with Crippen molar-refractivity contribution in [3.63, 3.8) is 0 Å². The number of esters is 1. The Bertz CT molecular complexity index is 663. The number of rotatable bonds is 7. The summed E-state index contributed by atoms with van der Waals surface area (Å²) in [5.74, 6) is 3.04. The zero-order valence-electron chi connectivity index (χ0n) is 12.6. The maximum Gasteiger partial charge on any atom is 0.339 e. The normalized spacial score (nSPS) is 12.2. The van der Waals surface area contributed by atoms with Gasteiger partial charge in [-0.25, -0.2) is 4.79 Å². The van der Waals surface area contributed by atoms with E-state index in [9.17, 15) is 4.79 Å². The van der Waals surface area contributed by atoms with E-state index in [1.54, 1.807) is 30.1 Å². The van der Waals surface area contributed by atoms with Crippen LogP contribution in [-0.4, -0.2) is 35.9 Å². The Hall–Kier alpha value is -2.21. The van der Waals surface area contributed by atoms with E-state index in [-0.39, 0.29) is 5.97 Å². The van der Waals surface area contributed by atoms with Crippen molar-refractivity contribution in [3.8, 4) is 11.5 Å². The van der Waals surface area contributed by atoms with Gasteiger partial charge >= 0.3 is 5.97 Å². The quantitative estimate of drug-likeness (QED) is 0.574. The Kier molecular flexibility index (Phi) is 5.37. The Morgan fingerprint density at radius 2 is 2.13 bits per heavy atom. The summed E-state index contributed by atoms with van der Waals surface area (Å²) in [6, 6.07) is 9.43. The van der Waals surface area contributed by atoms with E-state index in [2.05, 4.69) is 11.1 Å². The molecule has 1 aromatic heterocycles. The Labute approximate surface area is 139 Å². The fourth-order valence-electron chi connectivity index (χ4n) is 2.15. The molecule has 1 aliphatic heterocycles. The first kappa shape index (κ1) is 15.7. The molecule has 0 aliphatic carbocycles. The average Bonchev–Trinajstić information content (AvgIpc) is 3.06. The molecule has 120 valence electrons. The molecule has 2 heterocycles. The fraction of sp³-hybridized carbons (Fsp3) is 0.294. The number of ether oxygens (including phenoxy) is 3. The molecule has 0 bridgehead atoms. The van der Waals surface area contributed by atoms with Gasteiger partial charge in [0.2, 0.25) is 6.79 Å². The zero-order chi connectivity index (χ0) is 15.9. The van der Waals surface area contributed by atoms with Crippen LogP contribution in [0.15, 0.2) is 42.7 Å². The molecule has 0 unspecified atom stereocenters. The van der Waals surface area contributed by atoms with Crippen LogP contribution in [0, 0.1) is 0 Å². The molecule has 1 aliphatic rings. The number of hydrogen-bond donors (Lipinski definition) is 0. The number of benzene rings is 1. The summed E-state index contributed by atoms with van der Waals surface area (Å²) >= 11 is 1.75. The van der Waals surface area contributed by atoms with E-state index in [0.717, 1.165) is 29.4 Å². The molecule has 6 heteroatoms. The van der Waals surface area contributed by atoms with Crippen molar-refractivity contribution in [1.82, 2.24) is 4.98 Å². The number of carbonyl (C=O) groups is 1. The van der Waals surface area contributed by atoms with Gasteiger partial charge in [-0.05, 0) is 42.0 Å². The third kappa shape index (κ3) is 4.39. The van der Waals surface area contributed by atoms with Crippen LogP contribution >= 0.6 is 11.8 Å². The molecule has 1 aromatic carbocycles. The largest absolute Gasteiger partial charge is 0.461 e. The van der Waals surface area contributed by atoms with Crippen molar-refractivity contribution >= 4 is 17.7 Å². The number of carbonyl (C=O) groups excluding carboxylic acids is 1. The second kappa shape index (κ2) is 7.87. The van der Waals surface area contributed by atoms with Crippen LogP contribution in [0.25, 0.3) is 0 Å². The van der Waals surface area contributed by atoms with Gasteiger partial charge in [-0.2, -0.15) is 11.8 Å². The van der Waals surface area contributed by atoms with Crippen molar-refractivity contribution in [2.45, 2.75) is 6.42 Å². The molecule has 0 spiro atoms. The minimum atomic E-state index is -0.325. The highest BCUT2D eigenvalue weighted by molar-refractivity contribution is 7.99. The number of nitrogens with zero attached hydrogens (tertiary/aromatic N) is 1. The van der Waals surface area contributed by atoms with Gasteiger partial charge in [0.05, 0.1) is 5.56 Å². The number of fused-ring (bicyclic) bond motifs is 1. The van der Waals surface area contributed by atoms with E-state index in [4.69, 9.17) is 14.2 Å². The first-order valence-corrected chi connectivity index (χ1v) is 8.52. The Balaban J connectivity index is 1.32. The second-order valence-electron chi connectivity index (χ2n) is 4.93. The molecular weight excluding hydrogens is 314 g/mol. The number of pyridine rings is 1. The summed E-state index contributed by atoms with van der Waals surface area (Å²) in [6.07, 6.45) is 4.08. The lowest BCUT2D eigenvalue weighted by atomic mass is 10.1. The van der Waals surface area contributed by atoms with E-state index >= 15 is 0 Å². The van der Waals surface area contributed by atoms with Crippen LogP contribution in [0.4, 0.5) is 0 Å². The average molecular weight is 331 g/mol. The van der Waals surface area contributed by atoms with Gasteiger partial charge in [0, 0.05) is 18.1 Å². The predicted octanol–water partition coefficient (Wildman–Crippen LogP) is 2.94. The molecule has 2 aromatic rings. The number of hydrogen-bond acceptors (Lipinski definition) is 6. The summed E-state index contributed by atoms with van der Waals surface area (Å²) in [6.45, 7) is 0.704. The fourth-order valence-corrected chi connectivity index (χ4v) is 2.93. The van der Waals surface area contributed by atoms with Crippen LogP contribution in [0.3, 0.4) is 0 Å². The molecule has 0 atom stereocenters. The van der Waals surface area contributed by atoms with Crippen molar-refractivity contribution in [3.05, 3.63) is 53.9 Å². The first-order chi connectivity index (χ1) is 11.3.